The van der Waals surface area contributed by atoms with E-state index in [0.29, 0.717) is 12.8 Å². The van der Waals surface area contributed by atoms with E-state index in [0.717, 1.165) is 122 Å². The summed E-state index contributed by atoms with van der Waals surface area (Å²) in [7, 11) is 0. The molecule has 0 radical (unpaired) electrons. The van der Waals surface area contributed by atoms with Crippen molar-refractivity contribution in [2.75, 3.05) is 13.2 Å². The SMILES string of the molecule is CC/C=C\C/C=C\C/C=C\C/C=C\C/C=C\CCCCCC(=O)OC(COC(=O)CCCCCCC/C=C\CCCCCCCCC)COC(=O)CCCCCCCCCC/C=C\C/C=C\C/C=C\CCCCCCC. The topological polar surface area (TPSA) is 78.9 Å². The zero-order chi connectivity index (χ0) is 55.0. The van der Waals surface area contributed by atoms with Crippen molar-refractivity contribution < 1.29 is 28.6 Å². The summed E-state index contributed by atoms with van der Waals surface area (Å²) in [5.74, 6) is -0.940. The first-order valence-corrected chi connectivity index (χ1v) is 31.9. The number of carbonyl (C=O) groups is 3. The first kappa shape index (κ1) is 72.1. The normalized spacial score (nSPS) is 12.8. The minimum atomic E-state index is -0.806. The lowest BCUT2D eigenvalue weighted by atomic mass is 10.1. The third kappa shape index (κ3) is 60.9. The molecule has 0 rings (SSSR count). The van der Waals surface area contributed by atoms with Crippen LogP contribution in [0.4, 0.5) is 0 Å². The van der Waals surface area contributed by atoms with Crippen molar-refractivity contribution in [2.45, 2.75) is 303 Å². The van der Waals surface area contributed by atoms with E-state index < -0.39 is 6.10 Å². The number of rotatable bonds is 57. The fraction of sp³-hybridized carbons (Fsp3) is 0.700. The summed E-state index contributed by atoms with van der Waals surface area (Å²) in [5.41, 5.74) is 0. The minimum Gasteiger partial charge on any atom is -0.462 e. The molecule has 0 aliphatic carbocycles. The molecule has 0 saturated heterocycles. The molecule has 434 valence electrons. The van der Waals surface area contributed by atoms with Gasteiger partial charge in [0.15, 0.2) is 6.10 Å². The Labute approximate surface area is 470 Å². The van der Waals surface area contributed by atoms with Crippen LogP contribution in [0.25, 0.3) is 0 Å². The molecule has 0 fully saturated rings. The molecule has 0 bridgehead atoms. The number of esters is 3. The number of allylic oxidation sites excluding steroid dienone is 18. The third-order valence-corrected chi connectivity index (χ3v) is 13.5. The van der Waals surface area contributed by atoms with Crippen LogP contribution in [0.1, 0.15) is 297 Å². The standard InChI is InChI=1S/C70H118O6/c1-4-7-10-13-16-19-22-25-28-31-33-34-35-36-38-39-42-45-48-51-54-57-60-63-69(72)75-66-67(65-74-68(71)62-59-56-53-50-47-44-41-30-27-24-21-18-15-12-9-6-3)76-70(73)64-61-58-55-52-49-46-43-40-37-32-29-26-23-20-17-14-11-8-5-2/h8,11,17,20,22,25-26,29-31,33,35-37,40-41,46,49,67H,4-7,9-10,12-16,18-19,21,23-24,27-28,32,34,38-39,42-45,47-48,50-66H2,1-3H3/b11-8-,20-17-,25-22-,29-26-,33-31-,36-35-,40-37-,41-30-,49-46-. The maximum atomic E-state index is 12.9. The molecule has 0 aromatic heterocycles. The van der Waals surface area contributed by atoms with E-state index in [1.807, 2.05) is 0 Å². The van der Waals surface area contributed by atoms with Crippen LogP contribution in [0, 0.1) is 0 Å². The number of hydrogen-bond acceptors (Lipinski definition) is 6. The van der Waals surface area contributed by atoms with Gasteiger partial charge in [-0.05, 0) is 128 Å². The molecule has 0 heterocycles. The largest absolute Gasteiger partial charge is 0.462 e. The lowest BCUT2D eigenvalue weighted by Crippen LogP contribution is -2.30. The Balaban J connectivity index is 4.46. The molecule has 0 N–H and O–H groups in total. The lowest BCUT2D eigenvalue weighted by Gasteiger charge is -2.18. The van der Waals surface area contributed by atoms with E-state index in [-0.39, 0.29) is 37.5 Å². The van der Waals surface area contributed by atoms with Gasteiger partial charge in [-0.25, -0.2) is 0 Å². The monoisotopic (exact) mass is 1050 g/mol. The molecule has 0 aromatic rings. The van der Waals surface area contributed by atoms with Gasteiger partial charge >= 0.3 is 17.9 Å². The highest BCUT2D eigenvalue weighted by Crippen LogP contribution is 2.15. The fourth-order valence-electron chi connectivity index (χ4n) is 8.71. The van der Waals surface area contributed by atoms with Crippen LogP contribution in [0.15, 0.2) is 109 Å². The molecule has 0 aromatic carbocycles. The number of hydrogen-bond donors (Lipinski definition) is 0. The molecular formula is C70H118O6. The summed E-state index contributed by atoms with van der Waals surface area (Å²) in [6.07, 6.45) is 86.6. The van der Waals surface area contributed by atoms with Gasteiger partial charge in [-0.1, -0.05) is 259 Å². The van der Waals surface area contributed by atoms with Crippen molar-refractivity contribution in [1.29, 1.82) is 0 Å². The van der Waals surface area contributed by atoms with Crippen LogP contribution < -0.4 is 0 Å². The third-order valence-electron chi connectivity index (χ3n) is 13.5. The zero-order valence-electron chi connectivity index (χ0n) is 49.7. The molecule has 1 unspecified atom stereocenters. The summed E-state index contributed by atoms with van der Waals surface area (Å²) >= 11 is 0. The van der Waals surface area contributed by atoms with Gasteiger partial charge in [0.25, 0.3) is 0 Å². The minimum absolute atomic E-state index is 0.0989. The van der Waals surface area contributed by atoms with Gasteiger partial charge in [0.05, 0.1) is 0 Å². The quantitative estimate of drug-likeness (QED) is 0.0261. The van der Waals surface area contributed by atoms with Gasteiger partial charge in [0, 0.05) is 19.3 Å². The Morgan fingerprint density at radius 3 is 0.829 bits per heavy atom. The van der Waals surface area contributed by atoms with E-state index in [1.54, 1.807) is 0 Å². The average Bonchev–Trinajstić information content (AvgIpc) is 3.42. The molecular weight excluding hydrogens is 937 g/mol. The Bertz CT molecular complexity index is 1540. The number of ether oxygens (including phenoxy) is 3. The molecule has 0 spiro atoms. The van der Waals surface area contributed by atoms with Crippen molar-refractivity contribution >= 4 is 17.9 Å². The number of carbonyl (C=O) groups excluding carboxylic acids is 3. The molecule has 6 heteroatoms. The molecule has 1 atom stereocenters. The second kappa shape index (κ2) is 63.6. The lowest BCUT2D eigenvalue weighted by molar-refractivity contribution is -0.167. The molecule has 76 heavy (non-hydrogen) atoms. The zero-order valence-corrected chi connectivity index (χ0v) is 49.7. The van der Waals surface area contributed by atoms with Crippen molar-refractivity contribution in [2.24, 2.45) is 0 Å². The van der Waals surface area contributed by atoms with Crippen molar-refractivity contribution in [3.05, 3.63) is 109 Å². The highest BCUT2D eigenvalue weighted by Gasteiger charge is 2.19. The molecule has 0 aliphatic rings. The van der Waals surface area contributed by atoms with Gasteiger partial charge in [-0.3, -0.25) is 14.4 Å². The van der Waals surface area contributed by atoms with E-state index in [2.05, 4.69) is 130 Å². The Morgan fingerprint density at radius 2 is 0.513 bits per heavy atom. The van der Waals surface area contributed by atoms with Crippen LogP contribution >= 0.6 is 0 Å². The molecule has 0 aliphatic heterocycles. The van der Waals surface area contributed by atoms with E-state index >= 15 is 0 Å². The van der Waals surface area contributed by atoms with Crippen molar-refractivity contribution in [3.63, 3.8) is 0 Å². The molecule has 0 amide bonds. The van der Waals surface area contributed by atoms with Crippen LogP contribution in [0.2, 0.25) is 0 Å². The number of unbranched alkanes of at least 4 members (excludes halogenated alkanes) is 28. The Morgan fingerprint density at radius 1 is 0.276 bits per heavy atom. The van der Waals surface area contributed by atoms with Gasteiger partial charge in [-0.2, -0.15) is 0 Å². The first-order chi connectivity index (χ1) is 37.5. The van der Waals surface area contributed by atoms with Gasteiger partial charge < -0.3 is 14.2 Å². The van der Waals surface area contributed by atoms with Crippen LogP contribution in [0.3, 0.4) is 0 Å². The fourth-order valence-corrected chi connectivity index (χ4v) is 8.71. The summed E-state index contributed by atoms with van der Waals surface area (Å²) in [4.78, 5) is 38.3. The maximum absolute atomic E-state index is 12.9. The highest BCUT2D eigenvalue weighted by atomic mass is 16.6. The predicted octanol–water partition coefficient (Wildman–Crippen LogP) is 21.8. The second-order valence-corrected chi connectivity index (χ2v) is 20.9. The summed E-state index contributed by atoms with van der Waals surface area (Å²) in [5, 5.41) is 0. The Hall–Kier alpha value is -3.93. The van der Waals surface area contributed by atoms with Crippen LogP contribution in [-0.4, -0.2) is 37.2 Å². The summed E-state index contributed by atoms with van der Waals surface area (Å²) < 4.78 is 16.9. The van der Waals surface area contributed by atoms with E-state index in [4.69, 9.17) is 14.2 Å². The summed E-state index contributed by atoms with van der Waals surface area (Å²) in [6.45, 7) is 6.49. The van der Waals surface area contributed by atoms with Crippen molar-refractivity contribution in [1.82, 2.24) is 0 Å². The first-order valence-electron chi connectivity index (χ1n) is 31.9. The Kier molecular flexibility index (Phi) is 60.3. The second-order valence-electron chi connectivity index (χ2n) is 20.9. The van der Waals surface area contributed by atoms with Gasteiger partial charge in [0.2, 0.25) is 0 Å². The highest BCUT2D eigenvalue weighted by molar-refractivity contribution is 5.71. The maximum Gasteiger partial charge on any atom is 0.306 e. The van der Waals surface area contributed by atoms with Crippen molar-refractivity contribution in [3.8, 4) is 0 Å². The summed E-state index contributed by atoms with van der Waals surface area (Å²) in [6, 6.07) is 0. The molecule has 6 nitrogen and oxygen atoms in total. The van der Waals surface area contributed by atoms with E-state index in [9.17, 15) is 14.4 Å². The smallest absolute Gasteiger partial charge is 0.306 e. The molecule has 0 saturated carbocycles. The van der Waals surface area contributed by atoms with E-state index in [1.165, 1.54) is 135 Å². The van der Waals surface area contributed by atoms with Crippen LogP contribution in [-0.2, 0) is 28.6 Å². The van der Waals surface area contributed by atoms with Gasteiger partial charge in [0.1, 0.15) is 13.2 Å². The average molecular weight is 1060 g/mol. The van der Waals surface area contributed by atoms with Crippen LogP contribution in [0.5, 0.6) is 0 Å². The van der Waals surface area contributed by atoms with Gasteiger partial charge in [-0.15, -0.1) is 0 Å². The predicted molar refractivity (Wildman–Crippen MR) is 330 cm³/mol.